The lowest BCUT2D eigenvalue weighted by Gasteiger charge is -2.15. The highest BCUT2D eigenvalue weighted by Crippen LogP contribution is 2.16. The molecule has 0 bridgehead atoms. The van der Waals surface area contributed by atoms with Crippen LogP contribution >= 0.6 is 0 Å². The van der Waals surface area contributed by atoms with Gasteiger partial charge in [0.15, 0.2) is 6.61 Å². The van der Waals surface area contributed by atoms with Gasteiger partial charge in [0.05, 0.1) is 5.56 Å². The Morgan fingerprint density at radius 1 is 1.26 bits per heavy atom. The zero-order chi connectivity index (χ0) is 14.3. The molecule has 0 aromatic heterocycles. The van der Waals surface area contributed by atoms with Gasteiger partial charge in [0.1, 0.15) is 5.75 Å². The molecule has 3 N–H and O–H groups in total. The van der Waals surface area contributed by atoms with E-state index in [4.69, 9.17) is 10.5 Å². The van der Waals surface area contributed by atoms with E-state index in [-0.39, 0.29) is 24.1 Å². The van der Waals surface area contributed by atoms with Crippen molar-refractivity contribution in [2.24, 2.45) is 5.73 Å². The Kier molecular flexibility index (Phi) is 5.85. The normalized spacial score (nSPS) is 10.3. The van der Waals surface area contributed by atoms with Crippen LogP contribution in [-0.4, -0.2) is 24.5 Å². The standard InChI is InChI=1S/C14H20N2O3/c1-3-10(4-2)16-13(17)9-19-12-8-6-5-7-11(12)14(15)18/h5-8,10H,3-4,9H2,1-2H3,(H2,15,18)(H,16,17). The number of hydrogen-bond donors (Lipinski definition) is 2. The molecule has 5 nitrogen and oxygen atoms in total. The lowest BCUT2D eigenvalue weighted by molar-refractivity contribution is -0.123. The van der Waals surface area contributed by atoms with Crippen molar-refractivity contribution >= 4 is 11.8 Å². The highest BCUT2D eigenvalue weighted by atomic mass is 16.5. The van der Waals surface area contributed by atoms with Crippen LogP contribution < -0.4 is 15.8 Å². The van der Waals surface area contributed by atoms with Crippen molar-refractivity contribution in [3.8, 4) is 5.75 Å². The summed E-state index contributed by atoms with van der Waals surface area (Å²) in [6.07, 6.45) is 1.75. The van der Waals surface area contributed by atoms with E-state index in [1.54, 1.807) is 24.3 Å². The Morgan fingerprint density at radius 3 is 2.47 bits per heavy atom. The lowest BCUT2D eigenvalue weighted by atomic mass is 10.2. The molecule has 2 amide bonds. The lowest BCUT2D eigenvalue weighted by Crippen LogP contribution is -2.37. The second-order valence-corrected chi connectivity index (χ2v) is 4.23. The highest BCUT2D eigenvalue weighted by Gasteiger charge is 2.12. The maximum atomic E-state index is 11.7. The van der Waals surface area contributed by atoms with E-state index in [0.717, 1.165) is 12.8 Å². The molecule has 1 rings (SSSR count). The van der Waals surface area contributed by atoms with Crippen LogP contribution in [0.15, 0.2) is 24.3 Å². The van der Waals surface area contributed by atoms with Crippen LogP contribution in [0.5, 0.6) is 5.75 Å². The minimum Gasteiger partial charge on any atom is -0.483 e. The van der Waals surface area contributed by atoms with Crippen molar-refractivity contribution in [2.45, 2.75) is 32.7 Å². The van der Waals surface area contributed by atoms with E-state index in [0.29, 0.717) is 5.75 Å². The topological polar surface area (TPSA) is 81.4 Å². The van der Waals surface area contributed by atoms with Crippen LogP contribution in [0.4, 0.5) is 0 Å². The minimum absolute atomic E-state index is 0.124. The molecule has 0 unspecified atom stereocenters. The first-order chi connectivity index (χ1) is 9.08. The van der Waals surface area contributed by atoms with Gasteiger partial charge in [-0.15, -0.1) is 0 Å². The highest BCUT2D eigenvalue weighted by molar-refractivity contribution is 5.95. The van der Waals surface area contributed by atoms with Gasteiger partial charge in [-0.05, 0) is 25.0 Å². The van der Waals surface area contributed by atoms with Gasteiger partial charge in [0.2, 0.25) is 0 Å². The molecule has 0 aliphatic carbocycles. The number of rotatable bonds is 7. The molecule has 104 valence electrons. The quantitative estimate of drug-likeness (QED) is 0.782. The summed E-state index contributed by atoms with van der Waals surface area (Å²) in [4.78, 5) is 22.9. The van der Waals surface area contributed by atoms with E-state index in [1.165, 1.54) is 0 Å². The van der Waals surface area contributed by atoms with Gasteiger partial charge < -0.3 is 15.8 Å². The van der Waals surface area contributed by atoms with Gasteiger partial charge in [-0.3, -0.25) is 9.59 Å². The number of carbonyl (C=O) groups is 2. The van der Waals surface area contributed by atoms with Crippen molar-refractivity contribution < 1.29 is 14.3 Å². The molecule has 0 saturated carbocycles. The maximum Gasteiger partial charge on any atom is 0.258 e. The molecule has 0 aliphatic heterocycles. The number of primary amides is 1. The predicted molar refractivity (Wildman–Crippen MR) is 73.0 cm³/mol. The van der Waals surface area contributed by atoms with E-state index in [1.807, 2.05) is 13.8 Å². The molecule has 1 aromatic carbocycles. The SMILES string of the molecule is CCC(CC)NC(=O)COc1ccccc1C(N)=O. The number of ether oxygens (including phenoxy) is 1. The van der Waals surface area contributed by atoms with Gasteiger partial charge in [0, 0.05) is 6.04 Å². The fraction of sp³-hybridized carbons (Fsp3) is 0.429. The fourth-order valence-corrected chi connectivity index (χ4v) is 1.70. The molecule has 0 spiro atoms. The third kappa shape index (κ3) is 4.62. The number of para-hydroxylation sites is 1. The summed E-state index contributed by atoms with van der Waals surface area (Å²) in [5.41, 5.74) is 5.50. The Bertz CT molecular complexity index is 442. The summed E-state index contributed by atoms with van der Waals surface area (Å²) in [7, 11) is 0. The van der Waals surface area contributed by atoms with Crippen molar-refractivity contribution in [1.82, 2.24) is 5.32 Å². The number of carbonyl (C=O) groups excluding carboxylic acids is 2. The molecule has 0 atom stereocenters. The van der Waals surface area contributed by atoms with Crippen molar-refractivity contribution in [3.63, 3.8) is 0 Å². The molecule has 19 heavy (non-hydrogen) atoms. The first kappa shape index (κ1) is 15.0. The Labute approximate surface area is 113 Å². The zero-order valence-electron chi connectivity index (χ0n) is 11.3. The number of benzene rings is 1. The molecule has 0 heterocycles. The van der Waals surface area contributed by atoms with Gasteiger partial charge in [-0.2, -0.15) is 0 Å². The first-order valence-corrected chi connectivity index (χ1v) is 6.39. The van der Waals surface area contributed by atoms with Crippen molar-refractivity contribution in [2.75, 3.05) is 6.61 Å². The number of amides is 2. The van der Waals surface area contributed by atoms with Gasteiger partial charge >= 0.3 is 0 Å². The molecule has 0 fully saturated rings. The van der Waals surface area contributed by atoms with Crippen LogP contribution in [0.25, 0.3) is 0 Å². The Hall–Kier alpha value is -2.04. The van der Waals surface area contributed by atoms with E-state index >= 15 is 0 Å². The monoisotopic (exact) mass is 264 g/mol. The summed E-state index contributed by atoms with van der Waals surface area (Å²) in [5.74, 6) is -0.446. The van der Waals surface area contributed by atoms with E-state index in [2.05, 4.69) is 5.32 Å². The summed E-state index contributed by atoms with van der Waals surface area (Å²) in [5, 5.41) is 2.86. The van der Waals surface area contributed by atoms with Gasteiger partial charge in [-0.1, -0.05) is 26.0 Å². The molecule has 5 heteroatoms. The first-order valence-electron chi connectivity index (χ1n) is 6.39. The largest absolute Gasteiger partial charge is 0.483 e. The molecule has 0 aliphatic rings. The number of nitrogens with two attached hydrogens (primary N) is 1. The minimum atomic E-state index is -0.573. The van der Waals surface area contributed by atoms with Crippen LogP contribution in [-0.2, 0) is 4.79 Å². The summed E-state index contributed by atoms with van der Waals surface area (Å²) >= 11 is 0. The van der Waals surface area contributed by atoms with Crippen LogP contribution in [0, 0.1) is 0 Å². The summed E-state index contributed by atoms with van der Waals surface area (Å²) in [6.45, 7) is 3.90. The predicted octanol–water partition coefficient (Wildman–Crippen LogP) is 1.47. The smallest absolute Gasteiger partial charge is 0.258 e. The zero-order valence-corrected chi connectivity index (χ0v) is 11.3. The number of hydrogen-bond acceptors (Lipinski definition) is 3. The molecule has 1 aromatic rings. The van der Waals surface area contributed by atoms with Crippen LogP contribution in [0.1, 0.15) is 37.0 Å². The summed E-state index contributed by atoms with van der Waals surface area (Å²) in [6, 6.07) is 6.75. The molecule has 0 saturated heterocycles. The summed E-state index contributed by atoms with van der Waals surface area (Å²) < 4.78 is 5.34. The van der Waals surface area contributed by atoms with Gasteiger partial charge in [0.25, 0.3) is 11.8 Å². The average molecular weight is 264 g/mol. The van der Waals surface area contributed by atoms with Gasteiger partial charge in [-0.25, -0.2) is 0 Å². The second-order valence-electron chi connectivity index (χ2n) is 4.23. The third-order valence-corrected chi connectivity index (χ3v) is 2.86. The molecule has 0 radical (unpaired) electrons. The Balaban J connectivity index is 2.57. The fourth-order valence-electron chi connectivity index (χ4n) is 1.70. The molecular weight excluding hydrogens is 244 g/mol. The van der Waals surface area contributed by atoms with Crippen LogP contribution in [0.2, 0.25) is 0 Å². The third-order valence-electron chi connectivity index (χ3n) is 2.86. The van der Waals surface area contributed by atoms with Crippen LogP contribution in [0.3, 0.4) is 0 Å². The Morgan fingerprint density at radius 2 is 1.89 bits per heavy atom. The number of nitrogens with one attached hydrogen (secondary N) is 1. The average Bonchev–Trinajstić information content (AvgIpc) is 2.42. The maximum absolute atomic E-state index is 11.7. The van der Waals surface area contributed by atoms with Crippen molar-refractivity contribution in [1.29, 1.82) is 0 Å². The second kappa shape index (κ2) is 7.41. The van der Waals surface area contributed by atoms with Crippen molar-refractivity contribution in [3.05, 3.63) is 29.8 Å². The molecular formula is C14H20N2O3. The van der Waals surface area contributed by atoms with E-state index < -0.39 is 5.91 Å². The van der Waals surface area contributed by atoms with E-state index in [9.17, 15) is 9.59 Å².